The lowest BCUT2D eigenvalue weighted by Crippen LogP contribution is -2.21. The first-order chi connectivity index (χ1) is 9.51. The molecule has 0 amide bonds. The average molecular weight is 406 g/mol. The summed E-state index contributed by atoms with van der Waals surface area (Å²) in [5, 5.41) is 3.08. The fraction of sp³-hybridized carbons (Fsp3) is 0.214. The number of aromatic nitrogens is 1. The highest BCUT2D eigenvalue weighted by atomic mass is 79.9. The zero-order valence-corrected chi connectivity index (χ0v) is 13.8. The number of nitrogens with one attached hydrogen (secondary N) is 1. The van der Waals surface area contributed by atoms with E-state index in [1.807, 2.05) is 6.07 Å². The van der Waals surface area contributed by atoms with Crippen molar-refractivity contribution in [1.29, 1.82) is 0 Å². The number of likely N-dealkylation sites (N-methyl/N-ethyl adjacent to an activating group) is 1. The first kappa shape index (κ1) is 15.5. The molecule has 1 unspecified atom stereocenters. The molecule has 0 aliphatic rings. The zero-order chi connectivity index (χ0) is 14.7. The topological polar surface area (TPSA) is 24.9 Å². The highest BCUT2D eigenvalue weighted by molar-refractivity contribution is 9.11. The Bertz CT molecular complexity index is 620. The Balaban J connectivity index is 2.31. The maximum atomic E-state index is 13.7. The maximum absolute atomic E-state index is 13.7. The van der Waals surface area contributed by atoms with E-state index in [1.54, 1.807) is 13.2 Å². The van der Waals surface area contributed by atoms with Crippen LogP contribution in [0.1, 0.15) is 17.3 Å². The van der Waals surface area contributed by atoms with Gasteiger partial charge in [-0.3, -0.25) is 4.98 Å². The van der Waals surface area contributed by atoms with Gasteiger partial charge >= 0.3 is 0 Å². The molecule has 0 spiro atoms. The molecule has 2 aromatic rings. The lowest BCUT2D eigenvalue weighted by atomic mass is 10.0. The van der Waals surface area contributed by atoms with Gasteiger partial charge in [-0.1, -0.05) is 0 Å². The van der Waals surface area contributed by atoms with Crippen molar-refractivity contribution in [1.82, 2.24) is 10.3 Å². The molecule has 0 saturated carbocycles. The van der Waals surface area contributed by atoms with Crippen molar-refractivity contribution in [3.63, 3.8) is 0 Å². The molecular weight excluding hydrogens is 394 g/mol. The van der Waals surface area contributed by atoms with Crippen LogP contribution < -0.4 is 5.32 Å². The van der Waals surface area contributed by atoms with Gasteiger partial charge in [0.05, 0.1) is 11.7 Å². The number of nitrogens with zero attached hydrogens (tertiary/aromatic N) is 1. The van der Waals surface area contributed by atoms with Crippen LogP contribution in [0.15, 0.2) is 39.4 Å². The molecular formula is C14H12Br2F2N2. The second-order valence-electron chi connectivity index (χ2n) is 4.30. The smallest absolute Gasteiger partial charge is 0.126 e. The first-order valence-electron chi connectivity index (χ1n) is 5.93. The summed E-state index contributed by atoms with van der Waals surface area (Å²) < 4.78 is 28.6. The van der Waals surface area contributed by atoms with Crippen LogP contribution in [0.4, 0.5) is 8.78 Å². The molecule has 20 heavy (non-hydrogen) atoms. The molecule has 0 saturated heterocycles. The Morgan fingerprint density at radius 1 is 1.25 bits per heavy atom. The second kappa shape index (κ2) is 6.74. The lowest BCUT2D eigenvalue weighted by molar-refractivity contribution is 0.534. The first-order valence-corrected chi connectivity index (χ1v) is 7.52. The standard InChI is InChI=1S/C14H12Br2F2N2/c1-19-13(14-11(16)6-9(15)7-20-14)5-8-4-10(17)2-3-12(8)18/h2-4,6-7,13,19H,5H2,1H3. The van der Waals surface area contributed by atoms with Crippen molar-refractivity contribution < 1.29 is 8.78 Å². The molecule has 0 radical (unpaired) electrons. The Kier molecular flexibility index (Phi) is 5.23. The Hall–Kier alpha value is -0.850. The number of benzene rings is 1. The monoisotopic (exact) mass is 404 g/mol. The van der Waals surface area contributed by atoms with Crippen molar-refractivity contribution in [2.24, 2.45) is 0 Å². The molecule has 6 heteroatoms. The molecule has 1 aromatic heterocycles. The summed E-state index contributed by atoms with van der Waals surface area (Å²) >= 11 is 6.77. The molecule has 2 rings (SSSR count). The van der Waals surface area contributed by atoms with Crippen molar-refractivity contribution in [3.8, 4) is 0 Å². The number of rotatable bonds is 4. The van der Waals surface area contributed by atoms with E-state index in [9.17, 15) is 8.78 Å². The van der Waals surface area contributed by atoms with E-state index < -0.39 is 11.6 Å². The summed E-state index contributed by atoms with van der Waals surface area (Å²) in [4.78, 5) is 4.32. The summed E-state index contributed by atoms with van der Waals surface area (Å²) in [6.45, 7) is 0. The molecule has 106 valence electrons. The highest BCUT2D eigenvalue weighted by Crippen LogP contribution is 2.27. The predicted octanol–water partition coefficient (Wildman–Crippen LogP) is 4.39. The third-order valence-electron chi connectivity index (χ3n) is 2.95. The van der Waals surface area contributed by atoms with Gasteiger partial charge in [-0.25, -0.2) is 8.78 Å². The van der Waals surface area contributed by atoms with Gasteiger partial charge in [0.25, 0.3) is 0 Å². The van der Waals surface area contributed by atoms with Crippen LogP contribution in [-0.2, 0) is 6.42 Å². The SMILES string of the molecule is CNC(Cc1cc(F)ccc1F)c1ncc(Br)cc1Br. The molecule has 0 bridgehead atoms. The average Bonchev–Trinajstić information content (AvgIpc) is 2.40. The number of pyridine rings is 1. The molecule has 1 atom stereocenters. The summed E-state index contributed by atoms with van der Waals surface area (Å²) in [6, 6.07) is 5.12. The van der Waals surface area contributed by atoms with E-state index in [1.165, 1.54) is 6.07 Å². The summed E-state index contributed by atoms with van der Waals surface area (Å²) in [7, 11) is 1.76. The molecule has 0 aliphatic heterocycles. The minimum atomic E-state index is -0.445. The Morgan fingerprint density at radius 3 is 2.65 bits per heavy atom. The Labute approximate surface area is 132 Å². The second-order valence-corrected chi connectivity index (χ2v) is 6.07. The van der Waals surface area contributed by atoms with E-state index in [0.717, 1.165) is 26.8 Å². The van der Waals surface area contributed by atoms with E-state index in [4.69, 9.17) is 0 Å². The summed E-state index contributed by atoms with van der Waals surface area (Å²) in [6.07, 6.45) is 1.99. The van der Waals surface area contributed by atoms with Gasteiger partial charge in [0.1, 0.15) is 11.6 Å². The quantitative estimate of drug-likeness (QED) is 0.815. The third kappa shape index (κ3) is 3.62. The van der Waals surface area contributed by atoms with Gasteiger partial charge in [0.2, 0.25) is 0 Å². The van der Waals surface area contributed by atoms with Crippen molar-refractivity contribution in [2.75, 3.05) is 7.05 Å². The van der Waals surface area contributed by atoms with Gasteiger partial charge in [-0.15, -0.1) is 0 Å². The zero-order valence-electron chi connectivity index (χ0n) is 10.6. The van der Waals surface area contributed by atoms with Crippen LogP contribution in [-0.4, -0.2) is 12.0 Å². The molecule has 0 fully saturated rings. The van der Waals surface area contributed by atoms with Crippen LogP contribution in [0.2, 0.25) is 0 Å². The summed E-state index contributed by atoms with van der Waals surface area (Å²) in [5.41, 5.74) is 1.07. The van der Waals surface area contributed by atoms with Crippen LogP contribution in [0.5, 0.6) is 0 Å². The van der Waals surface area contributed by atoms with Crippen molar-refractivity contribution in [3.05, 3.63) is 62.3 Å². The fourth-order valence-electron chi connectivity index (χ4n) is 1.94. The lowest BCUT2D eigenvalue weighted by Gasteiger charge is -2.17. The van der Waals surface area contributed by atoms with Crippen molar-refractivity contribution >= 4 is 31.9 Å². The van der Waals surface area contributed by atoms with Crippen molar-refractivity contribution in [2.45, 2.75) is 12.5 Å². The third-order valence-corrected chi connectivity index (χ3v) is 4.02. The van der Waals surface area contributed by atoms with Crippen LogP contribution in [0, 0.1) is 11.6 Å². The van der Waals surface area contributed by atoms with Crippen LogP contribution >= 0.6 is 31.9 Å². The van der Waals surface area contributed by atoms with E-state index in [-0.39, 0.29) is 6.04 Å². The van der Waals surface area contributed by atoms with Gasteiger partial charge in [-0.05, 0) is 75.2 Å². The van der Waals surface area contributed by atoms with Gasteiger partial charge in [-0.2, -0.15) is 0 Å². The number of hydrogen-bond acceptors (Lipinski definition) is 2. The van der Waals surface area contributed by atoms with Gasteiger partial charge < -0.3 is 5.32 Å². The van der Waals surface area contributed by atoms with E-state index in [2.05, 4.69) is 42.2 Å². The molecule has 1 heterocycles. The highest BCUT2D eigenvalue weighted by Gasteiger charge is 2.17. The van der Waals surface area contributed by atoms with Crippen LogP contribution in [0.25, 0.3) is 0 Å². The molecule has 2 nitrogen and oxygen atoms in total. The molecule has 1 N–H and O–H groups in total. The predicted molar refractivity (Wildman–Crippen MR) is 81.5 cm³/mol. The normalized spacial score (nSPS) is 12.4. The van der Waals surface area contributed by atoms with Gasteiger partial charge in [0, 0.05) is 15.1 Å². The van der Waals surface area contributed by atoms with E-state index in [0.29, 0.717) is 12.0 Å². The molecule has 1 aromatic carbocycles. The largest absolute Gasteiger partial charge is 0.311 e. The Morgan fingerprint density at radius 2 is 2.00 bits per heavy atom. The van der Waals surface area contributed by atoms with Gasteiger partial charge in [0.15, 0.2) is 0 Å². The number of hydrogen-bond donors (Lipinski definition) is 1. The van der Waals surface area contributed by atoms with Crippen LogP contribution in [0.3, 0.4) is 0 Å². The van der Waals surface area contributed by atoms with E-state index >= 15 is 0 Å². The summed E-state index contributed by atoms with van der Waals surface area (Å²) in [5.74, 6) is -0.862. The fourth-order valence-corrected chi connectivity index (χ4v) is 3.20. The maximum Gasteiger partial charge on any atom is 0.126 e. The molecule has 0 aliphatic carbocycles. The number of halogens is 4. The minimum absolute atomic E-state index is 0.214. The minimum Gasteiger partial charge on any atom is -0.311 e.